The van der Waals surface area contributed by atoms with Gasteiger partial charge in [-0.15, -0.1) is 0 Å². The molecule has 1 heterocycles. The zero-order chi connectivity index (χ0) is 16.8. The average Bonchev–Trinajstić information content (AvgIpc) is 2.96. The summed E-state index contributed by atoms with van der Waals surface area (Å²) in [6.45, 7) is 9.40. The molecule has 0 aliphatic carbocycles. The van der Waals surface area contributed by atoms with Crippen LogP contribution in [-0.2, 0) is 0 Å². The molecule has 0 saturated carbocycles. The first-order valence-corrected chi connectivity index (χ1v) is 10.5. The summed E-state index contributed by atoms with van der Waals surface area (Å²) < 4.78 is 0. The van der Waals surface area contributed by atoms with Crippen molar-refractivity contribution in [3.63, 3.8) is 0 Å². The minimum Gasteiger partial charge on any atom is -1.00 e. The van der Waals surface area contributed by atoms with Crippen molar-refractivity contribution in [3.05, 3.63) is 12.4 Å². The summed E-state index contributed by atoms with van der Waals surface area (Å²) in [5, 5.41) is 0. The number of halogens is 1. The maximum atomic E-state index is 2.58. The number of unbranched alkanes of at least 4 members (excludes halogenated alkanes) is 10. The van der Waals surface area contributed by atoms with E-state index in [-0.39, 0.29) is 17.0 Å². The molecular weight excluding hydrogens is 360 g/mol. The highest BCUT2D eigenvalue weighted by molar-refractivity contribution is 4.96. The van der Waals surface area contributed by atoms with E-state index in [4.69, 9.17) is 0 Å². The summed E-state index contributed by atoms with van der Waals surface area (Å²) in [6, 6.07) is 0. The molecule has 1 aliphatic rings. The Hall–Kier alpha value is -0.180. The van der Waals surface area contributed by atoms with E-state index >= 15 is 0 Å². The maximum Gasteiger partial charge on any atom is 0.100 e. The highest BCUT2D eigenvalue weighted by atomic mass is 79.9. The third kappa shape index (κ3) is 9.96. The van der Waals surface area contributed by atoms with Gasteiger partial charge in [-0.3, -0.25) is 0 Å². The van der Waals surface area contributed by atoms with Gasteiger partial charge >= 0.3 is 0 Å². The van der Waals surface area contributed by atoms with E-state index in [9.17, 15) is 0 Å². The van der Waals surface area contributed by atoms with Crippen molar-refractivity contribution < 1.29 is 17.0 Å². The molecule has 0 unspecified atom stereocenters. The van der Waals surface area contributed by atoms with Crippen LogP contribution < -0.4 is 17.0 Å². The summed E-state index contributed by atoms with van der Waals surface area (Å²) in [5.74, 6) is 0. The quantitative estimate of drug-likeness (QED) is 0.387. The molecule has 144 valence electrons. The van der Waals surface area contributed by atoms with Crippen LogP contribution >= 0.6 is 0 Å². The predicted octanol–water partition coefficient (Wildman–Crippen LogP) is 3.54. The molecule has 3 heteroatoms. The highest BCUT2D eigenvalue weighted by Gasteiger charge is 2.23. The Balaban J connectivity index is 0.00000529. The molecule has 2 nitrogen and oxygen atoms in total. The van der Waals surface area contributed by atoms with Crippen molar-refractivity contribution in [2.75, 3.05) is 13.1 Å². The molecule has 0 aromatic rings. The van der Waals surface area contributed by atoms with Crippen molar-refractivity contribution in [1.82, 2.24) is 9.80 Å². The van der Waals surface area contributed by atoms with Crippen LogP contribution in [0.3, 0.4) is 0 Å². The Morgan fingerprint density at radius 2 is 0.958 bits per heavy atom. The summed E-state index contributed by atoms with van der Waals surface area (Å²) in [7, 11) is 0. The molecule has 0 spiro atoms. The lowest BCUT2D eigenvalue weighted by atomic mass is 10.1. The van der Waals surface area contributed by atoms with E-state index in [0.717, 1.165) is 0 Å². The summed E-state index contributed by atoms with van der Waals surface area (Å²) in [6.07, 6.45) is 23.3. The minimum absolute atomic E-state index is 0. The second-order valence-corrected chi connectivity index (χ2v) is 7.20. The predicted molar refractivity (Wildman–Crippen MR) is 103 cm³/mol. The minimum atomic E-state index is 0. The van der Waals surface area contributed by atoms with E-state index in [1.807, 2.05) is 0 Å². The Morgan fingerprint density at radius 3 is 1.33 bits per heavy atom. The molecule has 1 aliphatic heterocycles. The standard InChI is InChI=1S/C21H42N2.BrH/c1-4-7-9-11-13-15-17-22-19-20-23(21(22)6-3)18-16-14-12-10-8-5-2;/h19-21H,4-18H2,1-3H3;1H/p-1. The first-order valence-electron chi connectivity index (χ1n) is 10.5. The fraction of sp³-hybridized carbons (Fsp3) is 0.905. The second kappa shape index (κ2) is 16.3. The monoisotopic (exact) mass is 401 g/mol. The van der Waals surface area contributed by atoms with Crippen LogP contribution in [0.15, 0.2) is 12.4 Å². The van der Waals surface area contributed by atoms with Gasteiger partial charge in [0.15, 0.2) is 0 Å². The van der Waals surface area contributed by atoms with Crippen molar-refractivity contribution >= 4 is 0 Å². The number of hydrogen-bond donors (Lipinski definition) is 0. The summed E-state index contributed by atoms with van der Waals surface area (Å²) in [5.41, 5.74) is 0. The average molecular weight is 402 g/mol. The number of nitrogens with zero attached hydrogens (tertiary/aromatic N) is 2. The van der Waals surface area contributed by atoms with E-state index < -0.39 is 0 Å². The lowest BCUT2D eigenvalue weighted by Crippen LogP contribution is -3.00. The van der Waals surface area contributed by atoms with Crippen molar-refractivity contribution in [3.8, 4) is 0 Å². The third-order valence-corrected chi connectivity index (χ3v) is 5.12. The van der Waals surface area contributed by atoms with Gasteiger partial charge in [0.05, 0.1) is 0 Å². The summed E-state index contributed by atoms with van der Waals surface area (Å²) >= 11 is 0. The van der Waals surface area contributed by atoms with Crippen LogP contribution in [0.4, 0.5) is 0 Å². The van der Waals surface area contributed by atoms with Crippen LogP contribution in [0, 0.1) is 0 Å². The number of rotatable bonds is 15. The topological polar surface area (TPSA) is 6.48 Å². The third-order valence-electron chi connectivity index (χ3n) is 5.12. The van der Waals surface area contributed by atoms with Gasteiger partial charge < -0.3 is 26.8 Å². The zero-order valence-electron chi connectivity index (χ0n) is 16.6. The van der Waals surface area contributed by atoms with Crippen LogP contribution in [0.5, 0.6) is 0 Å². The normalized spacial score (nSPS) is 14.5. The van der Waals surface area contributed by atoms with Crippen molar-refractivity contribution in [2.24, 2.45) is 0 Å². The van der Waals surface area contributed by atoms with E-state index in [1.165, 1.54) is 96.6 Å². The fourth-order valence-electron chi connectivity index (χ4n) is 3.63. The molecule has 0 N–H and O–H groups in total. The molecule has 0 atom stereocenters. The lowest BCUT2D eigenvalue weighted by molar-refractivity contribution is -0.00000521. The molecule has 0 amide bonds. The molecule has 0 aromatic carbocycles. The Bertz CT molecular complexity index is 268. The molecule has 0 radical (unpaired) electrons. The Kier molecular flexibility index (Phi) is 16.2. The van der Waals surface area contributed by atoms with E-state index in [1.54, 1.807) is 0 Å². The van der Waals surface area contributed by atoms with Crippen molar-refractivity contribution in [1.29, 1.82) is 0 Å². The van der Waals surface area contributed by atoms with Gasteiger partial charge in [-0.1, -0.05) is 85.0 Å². The van der Waals surface area contributed by atoms with Gasteiger partial charge in [-0.2, -0.15) is 0 Å². The van der Waals surface area contributed by atoms with Gasteiger partial charge in [0.25, 0.3) is 0 Å². The van der Waals surface area contributed by atoms with Crippen LogP contribution in [-0.4, -0.2) is 29.1 Å². The largest absolute Gasteiger partial charge is 1.00 e. The highest BCUT2D eigenvalue weighted by Crippen LogP contribution is 2.21. The lowest BCUT2D eigenvalue weighted by Gasteiger charge is -2.32. The Labute approximate surface area is 162 Å². The van der Waals surface area contributed by atoms with Crippen LogP contribution in [0.1, 0.15) is 104 Å². The van der Waals surface area contributed by atoms with Crippen molar-refractivity contribution in [2.45, 2.75) is 110 Å². The summed E-state index contributed by atoms with van der Waals surface area (Å²) in [4.78, 5) is 5.16. The van der Waals surface area contributed by atoms with Gasteiger partial charge in [0.1, 0.15) is 6.17 Å². The molecule has 0 aromatic heterocycles. The molecule has 0 saturated heterocycles. The Morgan fingerprint density at radius 1 is 0.583 bits per heavy atom. The SMILES string of the molecule is CCCCCCCCN1C=CN(CCCCCCCC)C1CC.[Br-]. The van der Waals surface area contributed by atoms with Gasteiger partial charge in [0, 0.05) is 25.5 Å². The van der Waals surface area contributed by atoms with E-state index in [0.29, 0.717) is 6.17 Å². The van der Waals surface area contributed by atoms with Crippen LogP contribution in [0.25, 0.3) is 0 Å². The number of hydrogen-bond acceptors (Lipinski definition) is 2. The van der Waals surface area contributed by atoms with Gasteiger partial charge in [0.2, 0.25) is 0 Å². The molecule has 0 fully saturated rings. The second-order valence-electron chi connectivity index (χ2n) is 7.20. The molecule has 24 heavy (non-hydrogen) atoms. The van der Waals surface area contributed by atoms with E-state index in [2.05, 4.69) is 43.0 Å². The molecule has 1 rings (SSSR count). The first-order chi connectivity index (χ1) is 11.3. The smallest absolute Gasteiger partial charge is 0.100 e. The maximum absolute atomic E-state index is 2.58. The first kappa shape index (κ1) is 23.8. The van der Waals surface area contributed by atoms with Crippen LogP contribution in [0.2, 0.25) is 0 Å². The van der Waals surface area contributed by atoms with Gasteiger partial charge in [-0.05, 0) is 19.3 Å². The molecular formula is C21H42BrN2-. The fourth-order valence-corrected chi connectivity index (χ4v) is 3.63. The molecule has 0 bridgehead atoms. The zero-order valence-corrected chi connectivity index (χ0v) is 18.2. The van der Waals surface area contributed by atoms with Gasteiger partial charge in [-0.25, -0.2) is 0 Å².